The van der Waals surface area contributed by atoms with Gasteiger partial charge in [-0.25, -0.2) is 13.4 Å². The van der Waals surface area contributed by atoms with Gasteiger partial charge in [0.05, 0.1) is 33.0 Å². The number of hydrogen-bond donors (Lipinski definition) is 0. The van der Waals surface area contributed by atoms with Crippen LogP contribution in [0.15, 0.2) is 71.6 Å². The highest BCUT2D eigenvalue weighted by Gasteiger charge is 2.31. The Morgan fingerprint density at radius 1 is 1.11 bits per heavy atom. The van der Waals surface area contributed by atoms with Crippen molar-refractivity contribution < 1.29 is 17.9 Å². The number of rotatable bonds is 6. The summed E-state index contributed by atoms with van der Waals surface area (Å²) in [6.45, 7) is 1.43. The summed E-state index contributed by atoms with van der Waals surface area (Å²) in [5, 5.41) is 1.07. The van der Waals surface area contributed by atoms with Gasteiger partial charge >= 0.3 is 0 Å². The molecule has 2 aliphatic heterocycles. The van der Waals surface area contributed by atoms with Crippen LogP contribution in [0, 0.1) is 0 Å². The topological polar surface area (TPSA) is 79.8 Å². The number of nitrogens with zero attached hydrogens (tertiary/aromatic N) is 3. The molecule has 190 valence electrons. The van der Waals surface area contributed by atoms with E-state index in [1.807, 2.05) is 36.4 Å². The molecule has 10 heteroatoms. The SMILES string of the molecule is O=C(c1ccc(S(=O)(=O)N2CCc3ccccc32)cc1)N(CC1CCCO1)c1nc2c(Cl)cccc2s1. The molecule has 1 unspecified atom stereocenters. The first kappa shape index (κ1) is 24.4. The first-order valence-corrected chi connectivity index (χ1v) is 14.7. The Morgan fingerprint density at radius 3 is 2.68 bits per heavy atom. The second-order valence-electron chi connectivity index (χ2n) is 9.11. The van der Waals surface area contributed by atoms with Crippen molar-refractivity contribution in [2.45, 2.75) is 30.3 Å². The average molecular weight is 554 g/mol. The number of sulfonamides is 1. The summed E-state index contributed by atoms with van der Waals surface area (Å²) in [4.78, 5) is 20.2. The van der Waals surface area contributed by atoms with Crippen LogP contribution in [0.1, 0.15) is 28.8 Å². The third-order valence-corrected chi connectivity index (χ3v) is 9.95. The quantitative estimate of drug-likeness (QED) is 0.314. The summed E-state index contributed by atoms with van der Waals surface area (Å²) in [6.07, 6.45) is 2.41. The summed E-state index contributed by atoms with van der Waals surface area (Å²) in [7, 11) is -3.74. The minimum Gasteiger partial charge on any atom is -0.376 e. The van der Waals surface area contributed by atoms with E-state index in [1.54, 1.807) is 23.1 Å². The maximum Gasteiger partial charge on any atom is 0.264 e. The van der Waals surface area contributed by atoms with Crippen molar-refractivity contribution in [3.63, 3.8) is 0 Å². The Hall–Kier alpha value is -2.98. The number of halogens is 1. The lowest BCUT2D eigenvalue weighted by Crippen LogP contribution is -2.37. The van der Waals surface area contributed by atoms with Crippen LogP contribution in [0.2, 0.25) is 5.02 Å². The molecule has 1 amide bonds. The number of amides is 1. The van der Waals surface area contributed by atoms with Gasteiger partial charge in [0, 0.05) is 18.7 Å². The average Bonchev–Trinajstić information content (AvgIpc) is 3.67. The molecule has 0 saturated carbocycles. The number of ether oxygens (including phenoxy) is 1. The highest BCUT2D eigenvalue weighted by atomic mass is 35.5. The van der Waals surface area contributed by atoms with Crippen LogP contribution >= 0.6 is 22.9 Å². The third kappa shape index (κ3) is 4.50. The number of para-hydroxylation sites is 2. The van der Waals surface area contributed by atoms with Crippen LogP contribution in [0.25, 0.3) is 10.2 Å². The van der Waals surface area contributed by atoms with Gasteiger partial charge in [0.15, 0.2) is 5.13 Å². The van der Waals surface area contributed by atoms with Crippen molar-refractivity contribution in [2.24, 2.45) is 0 Å². The van der Waals surface area contributed by atoms with E-state index >= 15 is 0 Å². The zero-order valence-corrected chi connectivity index (χ0v) is 22.2. The van der Waals surface area contributed by atoms with E-state index in [0.717, 1.165) is 23.1 Å². The summed E-state index contributed by atoms with van der Waals surface area (Å²) in [5.74, 6) is -0.263. The fraction of sp³-hybridized carbons (Fsp3) is 0.259. The molecule has 37 heavy (non-hydrogen) atoms. The van der Waals surface area contributed by atoms with Crippen LogP contribution in [0.3, 0.4) is 0 Å². The number of carbonyl (C=O) groups excluding carboxylic acids is 1. The number of aromatic nitrogens is 1. The zero-order valence-electron chi connectivity index (χ0n) is 19.8. The van der Waals surface area contributed by atoms with Gasteiger partial charge in [-0.2, -0.15) is 0 Å². The molecule has 0 bridgehead atoms. The normalized spacial score (nSPS) is 17.3. The largest absolute Gasteiger partial charge is 0.376 e. The van der Waals surface area contributed by atoms with Crippen molar-refractivity contribution >= 4 is 59.9 Å². The van der Waals surface area contributed by atoms with Gasteiger partial charge in [-0.05, 0) is 67.3 Å². The van der Waals surface area contributed by atoms with Crippen molar-refractivity contribution in [1.29, 1.82) is 0 Å². The summed E-state index contributed by atoms with van der Waals surface area (Å²) < 4.78 is 34.9. The first-order valence-electron chi connectivity index (χ1n) is 12.1. The Bertz CT molecular complexity index is 1580. The maximum atomic E-state index is 13.7. The minimum absolute atomic E-state index is 0.0821. The molecular formula is C27H24ClN3O4S2. The van der Waals surface area contributed by atoms with Gasteiger partial charge in [-0.3, -0.25) is 14.0 Å². The molecule has 3 aromatic carbocycles. The summed E-state index contributed by atoms with van der Waals surface area (Å²) in [6, 6.07) is 19.2. The Balaban J connectivity index is 1.30. The Kier molecular flexibility index (Phi) is 6.40. The van der Waals surface area contributed by atoms with Crippen LogP contribution in [-0.4, -0.2) is 45.1 Å². The zero-order chi connectivity index (χ0) is 25.6. The van der Waals surface area contributed by atoms with Crippen molar-refractivity contribution in [3.05, 3.63) is 82.9 Å². The van der Waals surface area contributed by atoms with Crippen molar-refractivity contribution in [3.8, 4) is 0 Å². The van der Waals surface area contributed by atoms with Crippen molar-refractivity contribution in [2.75, 3.05) is 28.9 Å². The number of carbonyl (C=O) groups is 1. The standard InChI is InChI=1S/C27H24ClN3O4S2/c28-22-7-3-9-24-25(22)29-27(36-24)30(17-20-6-4-16-35-20)26(32)19-10-12-21(13-11-19)37(33,34)31-15-14-18-5-1-2-8-23(18)31/h1-3,5,7-13,20H,4,6,14-17H2. The second-order valence-corrected chi connectivity index (χ2v) is 12.4. The summed E-state index contributed by atoms with van der Waals surface area (Å²) in [5.41, 5.74) is 2.75. The molecule has 4 aromatic rings. The highest BCUT2D eigenvalue weighted by Crippen LogP contribution is 2.35. The molecule has 1 saturated heterocycles. The highest BCUT2D eigenvalue weighted by molar-refractivity contribution is 7.92. The first-order chi connectivity index (χ1) is 17.9. The molecule has 1 fully saturated rings. The van der Waals surface area contributed by atoms with Crippen LogP contribution in [-0.2, 0) is 21.2 Å². The number of thiazole rings is 1. The molecule has 6 rings (SSSR count). The molecule has 0 spiro atoms. The molecule has 2 aliphatic rings. The van der Waals surface area contributed by atoms with Gasteiger partial charge in [-0.15, -0.1) is 0 Å². The van der Waals surface area contributed by atoms with E-state index in [2.05, 4.69) is 4.98 Å². The Labute approximate surface area is 224 Å². The van der Waals surface area contributed by atoms with Crippen LogP contribution in [0.5, 0.6) is 0 Å². The fourth-order valence-corrected chi connectivity index (χ4v) is 7.64. The smallest absolute Gasteiger partial charge is 0.264 e. The number of fused-ring (bicyclic) bond motifs is 2. The molecule has 0 aliphatic carbocycles. The lowest BCUT2D eigenvalue weighted by Gasteiger charge is -2.23. The lowest BCUT2D eigenvalue weighted by molar-refractivity contribution is 0.0917. The molecule has 1 aromatic heterocycles. The summed E-state index contributed by atoms with van der Waals surface area (Å²) >= 11 is 7.74. The van der Waals surface area contributed by atoms with Crippen LogP contribution < -0.4 is 9.21 Å². The van der Waals surface area contributed by atoms with E-state index < -0.39 is 10.0 Å². The van der Waals surface area contributed by atoms with E-state index in [4.69, 9.17) is 16.3 Å². The predicted molar refractivity (Wildman–Crippen MR) is 146 cm³/mol. The Morgan fingerprint density at radius 2 is 1.92 bits per heavy atom. The van der Waals surface area contributed by atoms with Gasteiger partial charge in [-0.1, -0.05) is 47.2 Å². The van der Waals surface area contributed by atoms with Crippen molar-refractivity contribution in [1.82, 2.24) is 4.98 Å². The third-order valence-electron chi connectivity index (χ3n) is 6.78. The van der Waals surface area contributed by atoms with Gasteiger partial charge < -0.3 is 4.74 Å². The number of anilines is 2. The molecule has 7 nitrogen and oxygen atoms in total. The van der Waals surface area contributed by atoms with Gasteiger partial charge in [0.2, 0.25) is 0 Å². The monoisotopic (exact) mass is 553 g/mol. The molecule has 1 atom stereocenters. The van der Waals surface area contributed by atoms with E-state index in [1.165, 1.54) is 27.8 Å². The number of hydrogen-bond acceptors (Lipinski definition) is 6. The molecule has 0 radical (unpaired) electrons. The second kappa shape index (κ2) is 9.72. The molecular weight excluding hydrogens is 530 g/mol. The lowest BCUT2D eigenvalue weighted by atomic mass is 10.2. The maximum absolute atomic E-state index is 13.7. The molecule has 0 N–H and O–H groups in total. The predicted octanol–water partition coefficient (Wildman–Crippen LogP) is 5.53. The van der Waals surface area contributed by atoms with Gasteiger partial charge in [0.25, 0.3) is 15.9 Å². The minimum atomic E-state index is -3.74. The van der Waals surface area contributed by atoms with E-state index in [0.29, 0.717) is 53.0 Å². The van der Waals surface area contributed by atoms with Crippen LogP contribution in [0.4, 0.5) is 10.8 Å². The van der Waals surface area contributed by atoms with E-state index in [9.17, 15) is 13.2 Å². The van der Waals surface area contributed by atoms with E-state index in [-0.39, 0.29) is 16.9 Å². The number of benzene rings is 3. The molecule has 3 heterocycles. The fourth-order valence-electron chi connectivity index (χ4n) is 4.87. The van der Waals surface area contributed by atoms with Gasteiger partial charge in [0.1, 0.15) is 5.52 Å².